The van der Waals surface area contributed by atoms with E-state index >= 15 is 0 Å². The predicted molar refractivity (Wildman–Crippen MR) is 130 cm³/mol. The summed E-state index contributed by atoms with van der Waals surface area (Å²) >= 11 is 0. The fourth-order valence-electron chi connectivity index (χ4n) is 5.13. The Morgan fingerprint density at radius 3 is 1.68 bits per heavy atom. The van der Waals surface area contributed by atoms with Crippen LogP contribution in [0.5, 0.6) is 0 Å². The number of aryl methyl sites for hydroxylation is 1. The fraction of sp³-hybridized carbons (Fsp3) is 0.167. The largest absolute Gasteiger partial charge is 0.289 e. The van der Waals surface area contributed by atoms with E-state index in [9.17, 15) is 4.79 Å². The molecule has 1 nitrogen and oxygen atoms in total. The van der Waals surface area contributed by atoms with Crippen molar-refractivity contribution in [1.29, 1.82) is 0 Å². The first kappa shape index (κ1) is 19.5. The second-order valence-electron chi connectivity index (χ2n) is 8.27. The number of fused-ring (bicyclic) bond motifs is 3. The van der Waals surface area contributed by atoms with Crippen molar-refractivity contribution >= 4 is 5.78 Å². The van der Waals surface area contributed by atoms with Gasteiger partial charge in [-0.2, -0.15) is 0 Å². The van der Waals surface area contributed by atoms with Crippen molar-refractivity contribution in [3.63, 3.8) is 0 Å². The maximum Gasteiger partial charge on any atom is 0.194 e. The summed E-state index contributed by atoms with van der Waals surface area (Å²) in [7, 11) is 0. The quantitative estimate of drug-likeness (QED) is 0.301. The normalized spacial score (nSPS) is 12.0. The minimum absolute atomic E-state index is 0.149. The number of carbonyl (C=O) groups is 1. The van der Waals surface area contributed by atoms with Crippen molar-refractivity contribution in [2.75, 3.05) is 0 Å². The zero-order valence-electron chi connectivity index (χ0n) is 18.3. The summed E-state index contributed by atoms with van der Waals surface area (Å²) in [6.45, 7) is 6.54. The van der Waals surface area contributed by atoms with Crippen molar-refractivity contribution in [1.82, 2.24) is 0 Å². The molecule has 0 fully saturated rings. The number of ketones is 1. The monoisotopic (exact) mass is 402 g/mol. The van der Waals surface area contributed by atoms with Gasteiger partial charge in [-0.25, -0.2) is 0 Å². The smallest absolute Gasteiger partial charge is 0.194 e. The van der Waals surface area contributed by atoms with E-state index in [4.69, 9.17) is 0 Å². The summed E-state index contributed by atoms with van der Waals surface area (Å²) in [6, 6.07) is 27.3. The minimum atomic E-state index is 0.149. The van der Waals surface area contributed by atoms with Gasteiger partial charge in [0, 0.05) is 16.7 Å². The number of rotatable bonds is 4. The van der Waals surface area contributed by atoms with Crippen LogP contribution in [-0.4, -0.2) is 5.78 Å². The second kappa shape index (κ2) is 7.67. The van der Waals surface area contributed by atoms with Gasteiger partial charge in [0.25, 0.3) is 0 Å². The van der Waals surface area contributed by atoms with E-state index in [0.717, 1.165) is 46.2 Å². The van der Waals surface area contributed by atoms with Crippen molar-refractivity contribution in [3.8, 4) is 33.4 Å². The molecular weight excluding hydrogens is 376 g/mol. The lowest BCUT2D eigenvalue weighted by atomic mass is 9.79. The van der Waals surface area contributed by atoms with E-state index in [-0.39, 0.29) is 5.78 Å². The van der Waals surface area contributed by atoms with Crippen molar-refractivity contribution in [2.24, 2.45) is 0 Å². The average Bonchev–Trinajstić information content (AvgIpc) is 3.11. The van der Waals surface area contributed by atoms with Crippen LogP contribution in [0.3, 0.4) is 0 Å². The topological polar surface area (TPSA) is 17.1 Å². The lowest BCUT2D eigenvalue weighted by molar-refractivity contribution is 0.104. The van der Waals surface area contributed by atoms with Crippen LogP contribution in [-0.2, 0) is 12.8 Å². The zero-order valence-corrected chi connectivity index (χ0v) is 18.3. The van der Waals surface area contributed by atoms with Gasteiger partial charge in [0.15, 0.2) is 5.78 Å². The van der Waals surface area contributed by atoms with Crippen molar-refractivity contribution in [2.45, 2.75) is 33.6 Å². The Balaban J connectivity index is 1.98. The predicted octanol–water partition coefficient (Wildman–Crippen LogP) is 7.67. The number of hydrogen-bond donors (Lipinski definition) is 0. The molecule has 0 saturated heterocycles. The maximum absolute atomic E-state index is 13.8. The van der Waals surface area contributed by atoms with Crippen molar-refractivity contribution in [3.05, 3.63) is 107 Å². The molecule has 0 aliphatic heterocycles. The van der Waals surface area contributed by atoms with E-state index < -0.39 is 0 Å². The van der Waals surface area contributed by atoms with Gasteiger partial charge in [-0.1, -0.05) is 98.3 Å². The first-order valence-electron chi connectivity index (χ1n) is 11.1. The molecule has 0 N–H and O–H groups in total. The highest BCUT2D eigenvalue weighted by Gasteiger charge is 2.35. The Bertz CT molecular complexity index is 1290. The molecule has 0 spiro atoms. The molecule has 4 aromatic rings. The van der Waals surface area contributed by atoms with Gasteiger partial charge in [-0.05, 0) is 58.7 Å². The molecule has 0 unspecified atom stereocenters. The lowest BCUT2D eigenvalue weighted by Gasteiger charge is -2.23. The van der Waals surface area contributed by atoms with Gasteiger partial charge in [0.1, 0.15) is 0 Å². The third-order valence-electron chi connectivity index (χ3n) is 6.50. The number of hydrogen-bond acceptors (Lipinski definition) is 1. The van der Waals surface area contributed by atoms with Crippen LogP contribution >= 0.6 is 0 Å². The molecule has 5 rings (SSSR count). The van der Waals surface area contributed by atoms with Crippen LogP contribution in [0.2, 0.25) is 0 Å². The van der Waals surface area contributed by atoms with Crippen LogP contribution in [0.1, 0.15) is 46.5 Å². The van der Waals surface area contributed by atoms with Gasteiger partial charge >= 0.3 is 0 Å². The molecular formula is C30H26O. The van der Waals surface area contributed by atoms with Crippen molar-refractivity contribution < 1.29 is 4.79 Å². The number of carbonyl (C=O) groups excluding carboxylic acids is 1. The average molecular weight is 403 g/mol. The van der Waals surface area contributed by atoms with Gasteiger partial charge in [-0.3, -0.25) is 4.79 Å². The molecule has 0 heterocycles. The molecule has 1 aliphatic carbocycles. The van der Waals surface area contributed by atoms with Gasteiger partial charge in [-0.15, -0.1) is 0 Å². The minimum Gasteiger partial charge on any atom is -0.289 e. The Labute approximate surface area is 184 Å². The zero-order chi connectivity index (χ0) is 21.5. The molecule has 1 heteroatoms. The second-order valence-corrected chi connectivity index (χ2v) is 8.27. The SMILES string of the molecule is CCc1c(CC)c(-c2ccccc2)c2c(c1-c1ccc(C)cc1)C(=O)c1ccccc1-2. The molecule has 0 radical (unpaired) electrons. The number of benzene rings is 4. The summed E-state index contributed by atoms with van der Waals surface area (Å²) in [5, 5.41) is 0. The van der Waals surface area contributed by atoms with Crippen LogP contribution in [0.4, 0.5) is 0 Å². The fourth-order valence-corrected chi connectivity index (χ4v) is 5.13. The third-order valence-corrected chi connectivity index (χ3v) is 6.50. The molecule has 0 saturated carbocycles. The molecule has 0 aromatic heterocycles. The molecule has 31 heavy (non-hydrogen) atoms. The van der Waals surface area contributed by atoms with E-state index in [1.165, 1.54) is 27.8 Å². The highest BCUT2D eigenvalue weighted by molar-refractivity contribution is 6.27. The van der Waals surface area contributed by atoms with E-state index in [0.29, 0.717) is 0 Å². The first-order chi connectivity index (χ1) is 15.2. The Morgan fingerprint density at radius 2 is 1.06 bits per heavy atom. The summed E-state index contributed by atoms with van der Waals surface area (Å²) in [5.41, 5.74) is 12.4. The first-order valence-corrected chi connectivity index (χ1v) is 11.1. The van der Waals surface area contributed by atoms with Gasteiger partial charge in [0.05, 0.1) is 0 Å². The third kappa shape index (κ3) is 2.96. The van der Waals surface area contributed by atoms with Gasteiger partial charge < -0.3 is 0 Å². The Kier molecular flexibility index (Phi) is 4.82. The van der Waals surface area contributed by atoms with Crippen LogP contribution < -0.4 is 0 Å². The summed E-state index contributed by atoms with van der Waals surface area (Å²) < 4.78 is 0. The summed E-state index contributed by atoms with van der Waals surface area (Å²) in [6.07, 6.45) is 1.82. The lowest BCUT2D eigenvalue weighted by Crippen LogP contribution is -2.07. The molecule has 1 aliphatic rings. The Hall–Kier alpha value is -3.45. The maximum atomic E-state index is 13.8. The highest BCUT2D eigenvalue weighted by Crippen LogP contribution is 2.50. The summed E-state index contributed by atoms with van der Waals surface area (Å²) in [4.78, 5) is 13.8. The van der Waals surface area contributed by atoms with E-state index in [1.807, 2.05) is 18.2 Å². The van der Waals surface area contributed by atoms with Crippen LogP contribution in [0.15, 0.2) is 78.9 Å². The molecule has 152 valence electrons. The summed E-state index contributed by atoms with van der Waals surface area (Å²) in [5.74, 6) is 0.149. The molecule has 0 amide bonds. The van der Waals surface area contributed by atoms with E-state index in [2.05, 4.69) is 81.4 Å². The van der Waals surface area contributed by atoms with Gasteiger partial charge in [0.2, 0.25) is 0 Å². The molecule has 0 atom stereocenters. The highest BCUT2D eigenvalue weighted by atomic mass is 16.1. The molecule has 4 aromatic carbocycles. The molecule has 0 bridgehead atoms. The van der Waals surface area contributed by atoms with E-state index in [1.54, 1.807) is 0 Å². The van der Waals surface area contributed by atoms with Crippen LogP contribution in [0, 0.1) is 6.92 Å². The van der Waals surface area contributed by atoms with Crippen LogP contribution in [0.25, 0.3) is 33.4 Å². The standard InChI is InChI=1S/C30H26O/c1-4-22-23(5-2)27(21-17-15-19(3)16-18-21)29-28(26(22)20-11-7-6-8-12-20)24-13-9-10-14-25(24)30(29)31/h6-18H,4-5H2,1-3H3. The Morgan fingerprint density at radius 1 is 0.548 bits per heavy atom.